The molecule has 0 spiro atoms. The highest BCUT2D eigenvalue weighted by Gasteiger charge is 2.19. The van der Waals surface area contributed by atoms with Crippen molar-refractivity contribution in [2.45, 2.75) is 6.42 Å². The molecule has 0 radical (unpaired) electrons. The third kappa shape index (κ3) is 0.993. The molecule has 1 aromatic rings. The van der Waals surface area contributed by atoms with Crippen LogP contribution in [0.25, 0.3) is 0 Å². The number of carbonyl (C=O) groups is 2. The fraction of sp³-hybridized carbons (Fsp3) is 0.111. The lowest BCUT2D eigenvalue weighted by atomic mass is 10.1. The molecule has 0 N–H and O–H groups in total. The Balaban J connectivity index is 2.48. The van der Waals surface area contributed by atoms with Crippen LogP contribution in [-0.2, 0) is 11.2 Å². The Labute approximate surface area is 69.0 Å². The lowest BCUT2D eigenvalue weighted by Gasteiger charge is -1.95. The van der Waals surface area contributed by atoms with E-state index in [-0.39, 0.29) is 12.4 Å². The van der Waals surface area contributed by atoms with E-state index < -0.39 is 0 Å². The van der Waals surface area contributed by atoms with Crippen LogP contribution in [0.1, 0.15) is 15.9 Å². The SMILES string of the molecule is O=Cc1ccc2c(c1)CC(=O)O2. The van der Waals surface area contributed by atoms with E-state index in [1.54, 1.807) is 18.2 Å². The molecule has 1 heterocycles. The molecule has 0 bridgehead atoms. The molecule has 0 aliphatic carbocycles. The second-order valence-corrected chi connectivity index (χ2v) is 2.64. The predicted octanol–water partition coefficient (Wildman–Crippen LogP) is 0.961. The van der Waals surface area contributed by atoms with Crippen LogP contribution in [0.15, 0.2) is 18.2 Å². The maximum absolute atomic E-state index is 10.8. The van der Waals surface area contributed by atoms with E-state index in [1.165, 1.54) is 0 Å². The molecule has 1 aromatic carbocycles. The largest absolute Gasteiger partial charge is 0.426 e. The number of rotatable bonds is 1. The van der Waals surface area contributed by atoms with E-state index >= 15 is 0 Å². The average Bonchev–Trinajstić information content (AvgIpc) is 2.43. The fourth-order valence-electron chi connectivity index (χ4n) is 1.22. The van der Waals surface area contributed by atoms with E-state index in [4.69, 9.17) is 4.74 Å². The van der Waals surface area contributed by atoms with Gasteiger partial charge in [-0.3, -0.25) is 9.59 Å². The zero-order valence-electron chi connectivity index (χ0n) is 6.24. The van der Waals surface area contributed by atoms with Gasteiger partial charge in [0, 0.05) is 11.1 Å². The minimum Gasteiger partial charge on any atom is -0.426 e. The van der Waals surface area contributed by atoms with E-state index in [0.29, 0.717) is 11.3 Å². The van der Waals surface area contributed by atoms with Gasteiger partial charge in [-0.2, -0.15) is 0 Å². The molecule has 0 fully saturated rings. The first kappa shape index (κ1) is 7.03. The average molecular weight is 162 g/mol. The number of esters is 1. The number of ether oxygens (including phenoxy) is 1. The van der Waals surface area contributed by atoms with Gasteiger partial charge in [-0.05, 0) is 18.2 Å². The van der Waals surface area contributed by atoms with Gasteiger partial charge in [-0.1, -0.05) is 0 Å². The molecular weight excluding hydrogens is 156 g/mol. The summed E-state index contributed by atoms with van der Waals surface area (Å²) >= 11 is 0. The summed E-state index contributed by atoms with van der Waals surface area (Å²) in [6, 6.07) is 4.95. The van der Waals surface area contributed by atoms with Crippen LogP contribution in [0.4, 0.5) is 0 Å². The monoisotopic (exact) mass is 162 g/mol. The number of carbonyl (C=O) groups excluding carboxylic acids is 2. The van der Waals surface area contributed by atoms with Crippen LogP contribution in [0.3, 0.4) is 0 Å². The molecule has 0 saturated carbocycles. The third-order valence-electron chi connectivity index (χ3n) is 1.78. The van der Waals surface area contributed by atoms with Crippen molar-refractivity contribution in [1.82, 2.24) is 0 Å². The van der Waals surface area contributed by atoms with Crippen LogP contribution in [0, 0.1) is 0 Å². The lowest BCUT2D eigenvalue weighted by molar-refractivity contribution is -0.131. The molecule has 0 atom stereocenters. The van der Waals surface area contributed by atoms with Crippen LogP contribution in [0.5, 0.6) is 5.75 Å². The Morgan fingerprint density at radius 2 is 2.25 bits per heavy atom. The molecule has 0 saturated heterocycles. The van der Waals surface area contributed by atoms with Gasteiger partial charge in [0.2, 0.25) is 0 Å². The smallest absolute Gasteiger partial charge is 0.315 e. The summed E-state index contributed by atoms with van der Waals surface area (Å²) in [5.41, 5.74) is 1.37. The number of benzene rings is 1. The minimum atomic E-state index is -0.256. The van der Waals surface area contributed by atoms with Gasteiger partial charge in [-0.25, -0.2) is 0 Å². The van der Waals surface area contributed by atoms with Gasteiger partial charge in [0.05, 0.1) is 6.42 Å². The Bertz CT molecular complexity index is 355. The maximum Gasteiger partial charge on any atom is 0.315 e. The lowest BCUT2D eigenvalue weighted by Crippen LogP contribution is -2.00. The maximum atomic E-state index is 10.8. The Morgan fingerprint density at radius 1 is 1.42 bits per heavy atom. The molecule has 1 aliphatic heterocycles. The number of aldehydes is 1. The van der Waals surface area contributed by atoms with Crippen LogP contribution in [0.2, 0.25) is 0 Å². The minimum absolute atomic E-state index is 0.256. The van der Waals surface area contributed by atoms with Crippen LogP contribution < -0.4 is 4.74 Å². The number of hydrogen-bond acceptors (Lipinski definition) is 3. The van der Waals surface area contributed by atoms with Crippen molar-refractivity contribution in [3.8, 4) is 5.75 Å². The van der Waals surface area contributed by atoms with Crippen molar-refractivity contribution in [2.24, 2.45) is 0 Å². The molecular formula is C9H6O3. The van der Waals surface area contributed by atoms with Crippen LogP contribution >= 0.6 is 0 Å². The van der Waals surface area contributed by atoms with Gasteiger partial charge in [-0.15, -0.1) is 0 Å². The summed E-state index contributed by atoms with van der Waals surface area (Å²) in [5, 5.41) is 0. The highest BCUT2D eigenvalue weighted by atomic mass is 16.5. The zero-order valence-corrected chi connectivity index (χ0v) is 6.24. The second-order valence-electron chi connectivity index (χ2n) is 2.64. The summed E-state index contributed by atoms with van der Waals surface area (Å²) in [4.78, 5) is 21.2. The molecule has 0 amide bonds. The van der Waals surface area contributed by atoms with Crippen molar-refractivity contribution in [3.63, 3.8) is 0 Å². The van der Waals surface area contributed by atoms with Crippen LogP contribution in [-0.4, -0.2) is 12.3 Å². The van der Waals surface area contributed by atoms with Crippen molar-refractivity contribution >= 4 is 12.3 Å². The molecule has 3 nitrogen and oxygen atoms in total. The zero-order chi connectivity index (χ0) is 8.55. The predicted molar refractivity (Wildman–Crippen MR) is 41.2 cm³/mol. The second kappa shape index (κ2) is 2.44. The summed E-state index contributed by atoms with van der Waals surface area (Å²) < 4.78 is 4.85. The molecule has 0 aromatic heterocycles. The van der Waals surface area contributed by atoms with E-state index in [2.05, 4.69) is 0 Å². The quantitative estimate of drug-likeness (QED) is 0.351. The van der Waals surface area contributed by atoms with Crippen molar-refractivity contribution in [2.75, 3.05) is 0 Å². The standard InChI is InChI=1S/C9H6O3/c10-5-6-1-2-8-7(3-6)4-9(11)12-8/h1-3,5H,4H2. The highest BCUT2D eigenvalue weighted by Crippen LogP contribution is 2.25. The summed E-state index contributed by atoms with van der Waals surface area (Å²) in [6.45, 7) is 0. The van der Waals surface area contributed by atoms with E-state index in [9.17, 15) is 9.59 Å². The van der Waals surface area contributed by atoms with E-state index in [0.717, 1.165) is 11.8 Å². The summed E-state index contributed by atoms with van der Waals surface area (Å²) in [6.07, 6.45) is 1.03. The topological polar surface area (TPSA) is 43.4 Å². The summed E-state index contributed by atoms with van der Waals surface area (Å²) in [5.74, 6) is 0.318. The van der Waals surface area contributed by atoms with Gasteiger partial charge >= 0.3 is 5.97 Å². The normalized spacial score (nSPS) is 13.8. The molecule has 60 valence electrons. The van der Waals surface area contributed by atoms with Gasteiger partial charge < -0.3 is 4.74 Å². The molecule has 2 rings (SSSR count). The van der Waals surface area contributed by atoms with Crippen molar-refractivity contribution < 1.29 is 14.3 Å². The first-order valence-corrected chi connectivity index (χ1v) is 3.58. The molecule has 3 heteroatoms. The van der Waals surface area contributed by atoms with Gasteiger partial charge in [0.15, 0.2) is 0 Å². The Kier molecular flexibility index (Phi) is 1.43. The number of hydrogen-bond donors (Lipinski definition) is 0. The van der Waals surface area contributed by atoms with Crippen molar-refractivity contribution in [3.05, 3.63) is 29.3 Å². The van der Waals surface area contributed by atoms with Gasteiger partial charge in [0.25, 0.3) is 0 Å². The van der Waals surface area contributed by atoms with E-state index in [1.807, 2.05) is 0 Å². The molecule has 0 unspecified atom stereocenters. The molecule has 1 aliphatic rings. The highest BCUT2D eigenvalue weighted by molar-refractivity contribution is 5.83. The fourth-order valence-corrected chi connectivity index (χ4v) is 1.22. The van der Waals surface area contributed by atoms with Crippen molar-refractivity contribution in [1.29, 1.82) is 0 Å². The van der Waals surface area contributed by atoms with Gasteiger partial charge in [0.1, 0.15) is 12.0 Å². The third-order valence-corrected chi connectivity index (χ3v) is 1.78. The number of fused-ring (bicyclic) bond motifs is 1. The first-order valence-electron chi connectivity index (χ1n) is 3.58. The molecule has 12 heavy (non-hydrogen) atoms. The Morgan fingerprint density at radius 3 is 3.00 bits per heavy atom. The first-order chi connectivity index (χ1) is 5.79. The Hall–Kier alpha value is -1.64. The summed E-state index contributed by atoms with van der Waals surface area (Å²) in [7, 11) is 0.